The molecule has 0 saturated heterocycles. The van der Waals surface area contributed by atoms with Crippen molar-refractivity contribution in [3.8, 4) is 11.5 Å². The Balaban J connectivity index is 2.44. The van der Waals surface area contributed by atoms with E-state index in [2.05, 4.69) is 15.5 Å². The second-order valence-electron chi connectivity index (χ2n) is 2.64. The summed E-state index contributed by atoms with van der Waals surface area (Å²) in [7, 11) is 1.65. The molecule has 0 aliphatic rings. The first kappa shape index (κ1) is 8.68. The largest absolute Gasteiger partial charge is 0.403 e. The fourth-order valence-electron chi connectivity index (χ4n) is 1.07. The summed E-state index contributed by atoms with van der Waals surface area (Å²) in [6.07, 6.45) is 0. The van der Waals surface area contributed by atoms with E-state index in [9.17, 15) is 4.39 Å². The first-order chi connectivity index (χ1) is 6.81. The van der Waals surface area contributed by atoms with Crippen LogP contribution in [0.1, 0.15) is 0 Å². The zero-order chi connectivity index (χ0) is 9.97. The lowest BCUT2D eigenvalue weighted by Gasteiger charge is -1.95. The standard InChI is InChI=1S/C9H8FN3O/c1-11-9-13-12-8(14-9)6-4-2-3-5-7(6)10/h2-5H,1H3,(H,11,13). The van der Waals surface area contributed by atoms with E-state index in [0.29, 0.717) is 5.56 Å². The topological polar surface area (TPSA) is 51.0 Å². The number of nitrogens with one attached hydrogen (secondary N) is 1. The molecule has 1 N–H and O–H groups in total. The van der Waals surface area contributed by atoms with E-state index in [1.54, 1.807) is 25.2 Å². The van der Waals surface area contributed by atoms with Crippen molar-refractivity contribution < 1.29 is 8.81 Å². The summed E-state index contributed by atoms with van der Waals surface area (Å²) < 4.78 is 18.4. The van der Waals surface area contributed by atoms with E-state index in [0.717, 1.165) is 0 Å². The SMILES string of the molecule is CNc1nnc(-c2ccccc2F)o1. The summed E-state index contributed by atoms with van der Waals surface area (Å²) in [5, 5.41) is 10.0. The molecule has 0 amide bonds. The van der Waals surface area contributed by atoms with Crippen LogP contribution in [0.5, 0.6) is 0 Å². The molecule has 0 unspecified atom stereocenters. The van der Waals surface area contributed by atoms with Crippen LogP contribution < -0.4 is 5.32 Å². The number of nitrogens with zero attached hydrogens (tertiary/aromatic N) is 2. The molecule has 0 saturated carbocycles. The Bertz CT molecular complexity index is 441. The fourth-order valence-corrected chi connectivity index (χ4v) is 1.07. The molecule has 5 heteroatoms. The van der Waals surface area contributed by atoms with Gasteiger partial charge in [0, 0.05) is 7.05 Å². The summed E-state index contributed by atoms with van der Waals surface area (Å²) in [5.74, 6) is -0.203. The van der Waals surface area contributed by atoms with Crippen molar-refractivity contribution in [2.24, 2.45) is 0 Å². The van der Waals surface area contributed by atoms with Crippen molar-refractivity contribution in [2.75, 3.05) is 12.4 Å². The maximum atomic E-state index is 13.2. The van der Waals surface area contributed by atoms with E-state index in [1.165, 1.54) is 6.07 Å². The van der Waals surface area contributed by atoms with Gasteiger partial charge in [-0.2, -0.15) is 0 Å². The zero-order valence-corrected chi connectivity index (χ0v) is 7.49. The molecule has 14 heavy (non-hydrogen) atoms. The first-order valence-corrected chi connectivity index (χ1v) is 4.07. The van der Waals surface area contributed by atoms with Crippen molar-refractivity contribution in [1.29, 1.82) is 0 Å². The second-order valence-corrected chi connectivity index (χ2v) is 2.64. The number of anilines is 1. The minimum atomic E-state index is -0.376. The Morgan fingerprint density at radius 3 is 2.71 bits per heavy atom. The number of rotatable bonds is 2. The van der Waals surface area contributed by atoms with Gasteiger partial charge in [0.15, 0.2) is 0 Å². The summed E-state index contributed by atoms with van der Waals surface area (Å²) in [4.78, 5) is 0. The van der Waals surface area contributed by atoms with Gasteiger partial charge in [-0.1, -0.05) is 17.2 Å². The smallest absolute Gasteiger partial charge is 0.315 e. The average molecular weight is 193 g/mol. The Kier molecular flexibility index (Phi) is 2.14. The summed E-state index contributed by atoms with van der Waals surface area (Å²) in [6.45, 7) is 0. The number of aromatic nitrogens is 2. The Labute approximate surface area is 79.8 Å². The lowest BCUT2D eigenvalue weighted by molar-refractivity contribution is 0.571. The molecule has 0 radical (unpaired) electrons. The van der Waals surface area contributed by atoms with Gasteiger partial charge in [0.25, 0.3) is 5.89 Å². The first-order valence-electron chi connectivity index (χ1n) is 4.07. The predicted molar refractivity (Wildman–Crippen MR) is 49.2 cm³/mol. The van der Waals surface area contributed by atoms with Crippen LogP contribution >= 0.6 is 0 Å². The van der Waals surface area contributed by atoms with Crippen LogP contribution in [-0.2, 0) is 0 Å². The number of benzene rings is 1. The highest BCUT2D eigenvalue weighted by Crippen LogP contribution is 2.21. The quantitative estimate of drug-likeness (QED) is 0.791. The Hall–Kier alpha value is -1.91. The van der Waals surface area contributed by atoms with E-state index in [1.807, 2.05) is 0 Å². The molecule has 2 aromatic rings. The van der Waals surface area contributed by atoms with Crippen molar-refractivity contribution in [1.82, 2.24) is 10.2 Å². The molecular weight excluding hydrogens is 185 g/mol. The summed E-state index contributed by atoms with van der Waals surface area (Å²) in [5.41, 5.74) is 0.307. The maximum absolute atomic E-state index is 13.2. The molecule has 1 heterocycles. The van der Waals surface area contributed by atoms with E-state index in [-0.39, 0.29) is 17.7 Å². The molecule has 4 nitrogen and oxygen atoms in total. The van der Waals surface area contributed by atoms with E-state index >= 15 is 0 Å². The predicted octanol–water partition coefficient (Wildman–Crippen LogP) is 1.92. The highest BCUT2D eigenvalue weighted by molar-refractivity contribution is 5.53. The highest BCUT2D eigenvalue weighted by Gasteiger charge is 2.10. The third-order valence-corrected chi connectivity index (χ3v) is 1.74. The molecule has 0 aliphatic carbocycles. The van der Waals surface area contributed by atoms with Gasteiger partial charge in [0.1, 0.15) is 5.82 Å². The van der Waals surface area contributed by atoms with Gasteiger partial charge >= 0.3 is 6.01 Å². The monoisotopic (exact) mass is 193 g/mol. The number of halogens is 1. The van der Waals surface area contributed by atoms with Crippen LogP contribution in [0, 0.1) is 5.82 Å². The molecule has 1 aromatic heterocycles. The molecule has 0 spiro atoms. The molecule has 0 aliphatic heterocycles. The molecule has 2 rings (SSSR count). The Morgan fingerprint density at radius 2 is 2.07 bits per heavy atom. The maximum Gasteiger partial charge on any atom is 0.315 e. The van der Waals surface area contributed by atoms with Gasteiger partial charge < -0.3 is 9.73 Å². The van der Waals surface area contributed by atoms with Gasteiger partial charge in [0.2, 0.25) is 0 Å². The van der Waals surface area contributed by atoms with Gasteiger partial charge in [-0.15, -0.1) is 5.10 Å². The van der Waals surface area contributed by atoms with Crippen LogP contribution in [-0.4, -0.2) is 17.2 Å². The molecule has 1 aromatic carbocycles. The van der Waals surface area contributed by atoms with E-state index < -0.39 is 0 Å². The highest BCUT2D eigenvalue weighted by atomic mass is 19.1. The third kappa shape index (κ3) is 1.44. The fraction of sp³-hybridized carbons (Fsp3) is 0.111. The van der Waals surface area contributed by atoms with Crippen molar-refractivity contribution in [3.05, 3.63) is 30.1 Å². The number of hydrogen-bond donors (Lipinski definition) is 1. The molecule has 0 atom stereocenters. The normalized spacial score (nSPS) is 10.1. The second kappa shape index (κ2) is 3.45. The van der Waals surface area contributed by atoms with Crippen molar-refractivity contribution in [2.45, 2.75) is 0 Å². The van der Waals surface area contributed by atoms with Crippen LogP contribution in [0.25, 0.3) is 11.5 Å². The van der Waals surface area contributed by atoms with Gasteiger partial charge in [-0.25, -0.2) is 4.39 Å². The number of hydrogen-bond acceptors (Lipinski definition) is 4. The average Bonchev–Trinajstić information content (AvgIpc) is 2.67. The third-order valence-electron chi connectivity index (χ3n) is 1.74. The minimum absolute atomic E-state index is 0.174. The molecule has 72 valence electrons. The van der Waals surface area contributed by atoms with Crippen molar-refractivity contribution >= 4 is 6.01 Å². The van der Waals surface area contributed by atoms with Crippen LogP contribution in [0.3, 0.4) is 0 Å². The van der Waals surface area contributed by atoms with Crippen LogP contribution in [0.2, 0.25) is 0 Å². The van der Waals surface area contributed by atoms with Crippen molar-refractivity contribution in [3.63, 3.8) is 0 Å². The van der Waals surface area contributed by atoms with Crippen LogP contribution in [0.15, 0.2) is 28.7 Å². The van der Waals surface area contributed by atoms with E-state index in [4.69, 9.17) is 4.42 Å². The lowest BCUT2D eigenvalue weighted by atomic mass is 10.2. The molecule has 0 fully saturated rings. The van der Waals surface area contributed by atoms with Gasteiger partial charge in [0.05, 0.1) is 5.56 Å². The van der Waals surface area contributed by atoms with Gasteiger partial charge in [-0.05, 0) is 12.1 Å². The Morgan fingerprint density at radius 1 is 1.29 bits per heavy atom. The minimum Gasteiger partial charge on any atom is -0.403 e. The molecular formula is C9H8FN3O. The van der Waals surface area contributed by atoms with Gasteiger partial charge in [-0.3, -0.25) is 0 Å². The lowest BCUT2D eigenvalue weighted by Crippen LogP contribution is -1.85. The summed E-state index contributed by atoms with van der Waals surface area (Å²) in [6, 6.07) is 6.51. The zero-order valence-electron chi connectivity index (χ0n) is 7.49. The van der Waals surface area contributed by atoms with Crippen LogP contribution in [0.4, 0.5) is 10.4 Å². The summed E-state index contributed by atoms with van der Waals surface area (Å²) >= 11 is 0. The molecule has 0 bridgehead atoms.